The van der Waals surface area contributed by atoms with Gasteiger partial charge in [0.05, 0.1) is 11.5 Å². The van der Waals surface area contributed by atoms with Crippen molar-refractivity contribution in [3.8, 4) is 5.75 Å². The summed E-state index contributed by atoms with van der Waals surface area (Å²) in [5.74, 6) is -0.388. The molecule has 0 radical (unpaired) electrons. The summed E-state index contributed by atoms with van der Waals surface area (Å²) in [5, 5.41) is 13.8. The Balaban J connectivity index is 2.91. The standard InChI is InChI=1S/C13H17BrN2O5/c1-4-20-12(17)13(2,15-3)8-21-11-6-5-9(14)7-10(11)16(18)19/h5-7,15H,4,8H2,1-3H3. The Kier molecular flexibility index (Phi) is 6.10. The lowest BCUT2D eigenvalue weighted by atomic mass is 10.1. The van der Waals surface area contributed by atoms with Crippen LogP contribution in [0, 0.1) is 10.1 Å². The average Bonchev–Trinajstić information content (AvgIpc) is 2.45. The van der Waals surface area contributed by atoms with Gasteiger partial charge in [-0.05, 0) is 33.0 Å². The smallest absolute Gasteiger partial charge is 0.329 e. The summed E-state index contributed by atoms with van der Waals surface area (Å²) in [6.07, 6.45) is 0. The first-order chi connectivity index (χ1) is 9.84. The summed E-state index contributed by atoms with van der Waals surface area (Å²) in [6.45, 7) is 3.46. The molecule has 0 heterocycles. The number of carbonyl (C=O) groups excluding carboxylic acids is 1. The summed E-state index contributed by atoms with van der Waals surface area (Å²) in [7, 11) is 1.59. The van der Waals surface area contributed by atoms with Crippen LogP contribution in [0.2, 0.25) is 0 Å². The van der Waals surface area contributed by atoms with E-state index in [2.05, 4.69) is 21.2 Å². The predicted molar refractivity (Wildman–Crippen MR) is 80.4 cm³/mol. The van der Waals surface area contributed by atoms with Gasteiger partial charge >= 0.3 is 11.7 Å². The number of hydrogen-bond donors (Lipinski definition) is 1. The lowest BCUT2D eigenvalue weighted by Gasteiger charge is -2.26. The molecule has 1 atom stereocenters. The van der Waals surface area contributed by atoms with Crippen molar-refractivity contribution in [2.45, 2.75) is 19.4 Å². The molecule has 8 heteroatoms. The molecular weight excluding hydrogens is 344 g/mol. The van der Waals surface area contributed by atoms with Crippen molar-refractivity contribution >= 4 is 27.6 Å². The van der Waals surface area contributed by atoms with E-state index in [4.69, 9.17) is 9.47 Å². The molecular formula is C13H17BrN2O5. The van der Waals surface area contributed by atoms with Crippen molar-refractivity contribution in [2.24, 2.45) is 0 Å². The molecule has 0 aliphatic carbocycles. The van der Waals surface area contributed by atoms with Crippen LogP contribution in [0.25, 0.3) is 0 Å². The number of carbonyl (C=O) groups is 1. The fraction of sp³-hybridized carbons (Fsp3) is 0.462. The number of esters is 1. The van der Waals surface area contributed by atoms with Gasteiger partial charge in [0.1, 0.15) is 12.1 Å². The third-order valence-electron chi connectivity index (χ3n) is 2.91. The summed E-state index contributed by atoms with van der Waals surface area (Å²) in [5.41, 5.74) is -1.26. The van der Waals surface area contributed by atoms with Crippen molar-refractivity contribution in [3.63, 3.8) is 0 Å². The Hall–Kier alpha value is -1.67. The minimum Gasteiger partial charge on any atom is -0.484 e. The highest BCUT2D eigenvalue weighted by Gasteiger charge is 2.34. The third-order valence-corrected chi connectivity index (χ3v) is 3.41. The van der Waals surface area contributed by atoms with Gasteiger partial charge in [-0.3, -0.25) is 10.1 Å². The van der Waals surface area contributed by atoms with Crippen LogP contribution in [0.1, 0.15) is 13.8 Å². The molecule has 0 aromatic heterocycles. The second-order valence-electron chi connectivity index (χ2n) is 4.46. The average molecular weight is 361 g/mol. The second-order valence-corrected chi connectivity index (χ2v) is 5.38. The molecule has 0 saturated heterocycles. The molecule has 21 heavy (non-hydrogen) atoms. The van der Waals surface area contributed by atoms with E-state index in [0.29, 0.717) is 4.47 Å². The molecule has 1 rings (SSSR count). The number of nitro groups is 1. The molecule has 1 N–H and O–H groups in total. The van der Waals surface area contributed by atoms with Crippen LogP contribution in [0.5, 0.6) is 5.75 Å². The van der Waals surface area contributed by atoms with Gasteiger partial charge in [0.25, 0.3) is 0 Å². The van der Waals surface area contributed by atoms with E-state index in [1.54, 1.807) is 27.0 Å². The number of likely N-dealkylation sites (N-methyl/N-ethyl adjacent to an activating group) is 1. The van der Waals surface area contributed by atoms with Crippen molar-refractivity contribution in [3.05, 3.63) is 32.8 Å². The van der Waals surface area contributed by atoms with Crippen LogP contribution >= 0.6 is 15.9 Å². The summed E-state index contributed by atoms with van der Waals surface area (Å²) in [4.78, 5) is 22.3. The summed E-state index contributed by atoms with van der Waals surface area (Å²) < 4.78 is 11.0. The topological polar surface area (TPSA) is 90.7 Å². The molecule has 0 spiro atoms. The van der Waals surface area contributed by atoms with Crippen molar-refractivity contribution < 1.29 is 19.2 Å². The molecule has 116 valence electrons. The molecule has 0 aliphatic heterocycles. The number of ether oxygens (including phenoxy) is 2. The zero-order valence-corrected chi connectivity index (χ0v) is 13.6. The molecule has 7 nitrogen and oxygen atoms in total. The quantitative estimate of drug-likeness (QED) is 0.455. The molecule has 1 aromatic carbocycles. The summed E-state index contributed by atoms with van der Waals surface area (Å²) in [6, 6.07) is 4.45. The molecule has 0 fully saturated rings. The number of halogens is 1. The predicted octanol–water partition coefficient (Wildman–Crippen LogP) is 2.28. The van der Waals surface area contributed by atoms with Crippen LogP contribution in [-0.4, -0.2) is 36.7 Å². The van der Waals surface area contributed by atoms with Crippen LogP contribution in [-0.2, 0) is 9.53 Å². The highest BCUT2D eigenvalue weighted by atomic mass is 79.9. The van der Waals surface area contributed by atoms with E-state index >= 15 is 0 Å². The maximum atomic E-state index is 11.9. The first kappa shape index (κ1) is 17.4. The number of benzene rings is 1. The minimum absolute atomic E-state index is 0.0916. The maximum Gasteiger partial charge on any atom is 0.329 e. The molecule has 0 saturated carbocycles. The fourth-order valence-corrected chi connectivity index (χ4v) is 1.85. The van der Waals surface area contributed by atoms with Gasteiger partial charge in [-0.2, -0.15) is 0 Å². The van der Waals surface area contributed by atoms with Crippen LogP contribution in [0.3, 0.4) is 0 Å². The van der Waals surface area contributed by atoms with Gasteiger partial charge in [0, 0.05) is 10.5 Å². The first-order valence-corrected chi connectivity index (χ1v) is 7.06. The fourth-order valence-electron chi connectivity index (χ4n) is 1.50. The van der Waals surface area contributed by atoms with Gasteiger partial charge in [-0.25, -0.2) is 4.79 Å². The summed E-state index contributed by atoms with van der Waals surface area (Å²) >= 11 is 3.17. The number of hydrogen-bond acceptors (Lipinski definition) is 6. The van der Waals surface area contributed by atoms with E-state index in [1.165, 1.54) is 12.1 Å². The van der Waals surface area contributed by atoms with Crippen LogP contribution < -0.4 is 10.1 Å². The van der Waals surface area contributed by atoms with Gasteiger partial charge in [0.2, 0.25) is 0 Å². The van der Waals surface area contributed by atoms with Gasteiger partial charge < -0.3 is 14.8 Å². The third kappa shape index (κ3) is 4.40. The maximum absolute atomic E-state index is 11.9. The number of rotatable bonds is 7. The first-order valence-electron chi connectivity index (χ1n) is 6.27. The lowest BCUT2D eigenvalue weighted by Crippen LogP contribution is -2.53. The van der Waals surface area contributed by atoms with Gasteiger partial charge in [-0.15, -0.1) is 0 Å². The van der Waals surface area contributed by atoms with E-state index in [9.17, 15) is 14.9 Å². The Bertz CT molecular complexity index is 537. The zero-order valence-electron chi connectivity index (χ0n) is 12.0. The highest BCUT2D eigenvalue weighted by Crippen LogP contribution is 2.30. The molecule has 1 aromatic rings. The zero-order chi connectivity index (χ0) is 16.0. The van der Waals surface area contributed by atoms with Crippen molar-refractivity contribution in [2.75, 3.05) is 20.3 Å². The monoisotopic (exact) mass is 360 g/mol. The minimum atomic E-state index is -1.09. The molecule has 0 bridgehead atoms. The van der Waals surface area contributed by atoms with Gasteiger partial charge in [0.15, 0.2) is 5.75 Å². The van der Waals surface area contributed by atoms with E-state index in [1.807, 2.05) is 0 Å². The molecule has 1 unspecified atom stereocenters. The normalized spacial score (nSPS) is 13.3. The van der Waals surface area contributed by atoms with E-state index in [0.717, 1.165) is 0 Å². The second kappa shape index (κ2) is 7.37. The van der Waals surface area contributed by atoms with E-state index in [-0.39, 0.29) is 24.7 Å². The number of nitro benzene ring substituents is 1. The van der Waals surface area contributed by atoms with Crippen LogP contribution in [0.15, 0.2) is 22.7 Å². The Labute approximate surface area is 130 Å². The molecule has 0 amide bonds. The van der Waals surface area contributed by atoms with Crippen molar-refractivity contribution in [1.29, 1.82) is 0 Å². The Morgan fingerprint density at radius 3 is 2.71 bits per heavy atom. The largest absolute Gasteiger partial charge is 0.484 e. The number of nitrogens with one attached hydrogen (secondary N) is 1. The highest BCUT2D eigenvalue weighted by molar-refractivity contribution is 9.10. The molecule has 0 aliphatic rings. The van der Waals surface area contributed by atoms with Crippen molar-refractivity contribution in [1.82, 2.24) is 5.32 Å². The number of nitrogens with zero attached hydrogens (tertiary/aromatic N) is 1. The lowest BCUT2D eigenvalue weighted by molar-refractivity contribution is -0.386. The van der Waals surface area contributed by atoms with Gasteiger partial charge in [-0.1, -0.05) is 15.9 Å². The van der Waals surface area contributed by atoms with E-state index < -0.39 is 16.4 Å². The van der Waals surface area contributed by atoms with Crippen LogP contribution in [0.4, 0.5) is 5.69 Å². The Morgan fingerprint density at radius 2 is 2.19 bits per heavy atom. The Morgan fingerprint density at radius 1 is 1.52 bits per heavy atom. The SMILES string of the molecule is CCOC(=O)C(C)(COc1ccc(Br)cc1[N+](=O)[O-])NC.